The average molecular weight is 281 g/mol. The number of rotatable bonds is 7. The number of nitrogens with one attached hydrogen (secondary N) is 1. The number of benzene rings is 1. The van der Waals surface area contributed by atoms with Gasteiger partial charge in [0.05, 0.1) is 5.75 Å². The first-order valence-corrected chi connectivity index (χ1v) is 7.63. The standard InChI is InChI=1S/C15H23NO2S/c1-12-5-4-6-13(9-12)10-19-11-14(18)16-15(2,3)7-8-17/h4-6,9,17H,7-8,10-11H2,1-3H3,(H,16,18). The lowest BCUT2D eigenvalue weighted by Gasteiger charge is -2.25. The van der Waals surface area contributed by atoms with Gasteiger partial charge in [-0.05, 0) is 32.8 Å². The van der Waals surface area contributed by atoms with Gasteiger partial charge in [-0.15, -0.1) is 11.8 Å². The van der Waals surface area contributed by atoms with Crippen molar-refractivity contribution in [3.05, 3.63) is 35.4 Å². The van der Waals surface area contributed by atoms with Crippen molar-refractivity contribution in [1.82, 2.24) is 5.32 Å². The monoisotopic (exact) mass is 281 g/mol. The van der Waals surface area contributed by atoms with Crippen LogP contribution in [0.4, 0.5) is 0 Å². The van der Waals surface area contributed by atoms with Crippen LogP contribution in [0.1, 0.15) is 31.4 Å². The molecule has 0 fully saturated rings. The normalized spacial score (nSPS) is 11.4. The van der Waals surface area contributed by atoms with Crippen molar-refractivity contribution in [3.63, 3.8) is 0 Å². The predicted octanol–water partition coefficient (Wildman–Crippen LogP) is 2.51. The highest BCUT2D eigenvalue weighted by atomic mass is 32.2. The van der Waals surface area contributed by atoms with Gasteiger partial charge >= 0.3 is 0 Å². The third-order valence-corrected chi connectivity index (χ3v) is 3.80. The van der Waals surface area contributed by atoms with Gasteiger partial charge in [-0.25, -0.2) is 0 Å². The Hall–Kier alpha value is -1.00. The summed E-state index contributed by atoms with van der Waals surface area (Å²) in [5.74, 6) is 1.31. The molecule has 4 heteroatoms. The summed E-state index contributed by atoms with van der Waals surface area (Å²) in [5, 5.41) is 11.8. The fourth-order valence-electron chi connectivity index (χ4n) is 1.82. The summed E-state index contributed by atoms with van der Waals surface area (Å²) in [6.45, 7) is 6.00. The van der Waals surface area contributed by atoms with Gasteiger partial charge in [0.2, 0.25) is 5.91 Å². The third-order valence-electron chi connectivity index (χ3n) is 2.80. The Bertz CT molecular complexity index is 418. The van der Waals surface area contributed by atoms with E-state index in [0.717, 1.165) is 5.75 Å². The number of carbonyl (C=O) groups excluding carboxylic acids is 1. The van der Waals surface area contributed by atoms with E-state index in [9.17, 15) is 4.79 Å². The molecule has 1 rings (SSSR count). The Balaban J connectivity index is 2.31. The summed E-state index contributed by atoms with van der Waals surface area (Å²) in [6.07, 6.45) is 0.571. The zero-order valence-electron chi connectivity index (χ0n) is 11.9. The van der Waals surface area contributed by atoms with E-state index in [-0.39, 0.29) is 18.1 Å². The highest BCUT2D eigenvalue weighted by Crippen LogP contribution is 2.14. The molecule has 1 aromatic rings. The van der Waals surface area contributed by atoms with E-state index in [4.69, 9.17) is 5.11 Å². The van der Waals surface area contributed by atoms with Crippen LogP contribution in [0.3, 0.4) is 0 Å². The van der Waals surface area contributed by atoms with Crippen LogP contribution in [0.5, 0.6) is 0 Å². The molecule has 1 amide bonds. The summed E-state index contributed by atoms with van der Waals surface area (Å²) in [7, 11) is 0. The predicted molar refractivity (Wildman–Crippen MR) is 81.3 cm³/mol. The van der Waals surface area contributed by atoms with Crippen LogP contribution in [0.25, 0.3) is 0 Å². The topological polar surface area (TPSA) is 49.3 Å². The molecule has 1 aromatic carbocycles. The molecule has 106 valence electrons. The van der Waals surface area contributed by atoms with Crippen molar-refractivity contribution >= 4 is 17.7 Å². The molecule has 0 aliphatic rings. The van der Waals surface area contributed by atoms with E-state index in [1.807, 2.05) is 19.9 Å². The Morgan fingerprint density at radius 3 is 2.79 bits per heavy atom. The second kappa shape index (κ2) is 7.56. The number of aryl methyl sites for hydroxylation is 1. The Kier molecular flexibility index (Phi) is 6.38. The molecular formula is C15H23NO2S. The van der Waals surface area contributed by atoms with Crippen molar-refractivity contribution in [2.24, 2.45) is 0 Å². The second-order valence-corrected chi connectivity index (χ2v) is 6.37. The molecule has 0 unspecified atom stereocenters. The lowest BCUT2D eigenvalue weighted by molar-refractivity contribution is -0.120. The SMILES string of the molecule is Cc1cccc(CSCC(=O)NC(C)(C)CCO)c1. The van der Waals surface area contributed by atoms with Crippen molar-refractivity contribution in [2.75, 3.05) is 12.4 Å². The number of amides is 1. The zero-order valence-corrected chi connectivity index (χ0v) is 12.7. The minimum absolute atomic E-state index is 0.0242. The van der Waals surface area contributed by atoms with Crippen LogP contribution in [0.15, 0.2) is 24.3 Å². The first-order valence-electron chi connectivity index (χ1n) is 6.48. The summed E-state index contributed by atoms with van der Waals surface area (Å²) in [4.78, 5) is 11.8. The van der Waals surface area contributed by atoms with E-state index in [1.54, 1.807) is 11.8 Å². The molecule has 2 N–H and O–H groups in total. The van der Waals surface area contributed by atoms with Crippen molar-refractivity contribution in [1.29, 1.82) is 0 Å². The van der Waals surface area contributed by atoms with Gasteiger partial charge in [0, 0.05) is 17.9 Å². The van der Waals surface area contributed by atoms with E-state index in [0.29, 0.717) is 12.2 Å². The Morgan fingerprint density at radius 2 is 2.16 bits per heavy atom. The molecule has 0 saturated carbocycles. The van der Waals surface area contributed by atoms with E-state index < -0.39 is 0 Å². The molecule has 19 heavy (non-hydrogen) atoms. The molecule has 0 atom stereocenters. The largest absolute Gasteiger partial charge is 0.396 e. The van der Waals surface area contributed by atoms with E-state index in [1.165, 1.54) is 11.1 Å². The van der Waals surface area contributed by atoms with E-state index in [2.05, 4.69) is 30.4 Å². The Labute approximate surface area is 119 Å². The smallest absolute Gasteiger partial charge is 0.230 e. The molecule has 0 heterocycles. The lowest BCUT2D eigenvalue weighted by atomic mass is 10.0. The number of carbonyl (C=O) groups is 1. The highest BCUT2D eigenvalue weighted by Gasteiger charge is 2.19. The zero-order chi connectivity index (χ0) is 14.3. The maximum atomic E-state index is 11.8. The number of thioether (sulfide) groups is 1. The third kappa shape index (κ3) is 6.64. The van der Waals surface area contributed by atoms with Crippen LogP contribution in [-0.4, -0.2) is 28.9 Å². The number of aliphatic hydroxyl groups excluding tert-OH is 1. The van der Waals surface area contributed by atoms with Crippen LogP contribution >= 0.6 is 11.8 Å². The van der Waals surface area contributed by atoms with Gasteiger partial charge < -0.3 is 10.4 Å². The molecule has 0 saturated heterocycles. The highest BCUT2D eigenvalue weighted by molar-refractivity contribution is 7.99. The van der Waals surface area contributed by atoms with E-state index >= 15 is 0 Å². The number of hydrogen-bond acceptors (Lipinski definition) is 3. The maximum absolute atomic E-state index is 11.8. The number of hydrogen-bond donors (Lipinski definition) is 2. The molecule has 3 nitrogen and oxygen atoms in total. The molecule has 0 radical (unpaired) electrons. The summed E-state index contributed by atoms with van der Waals surface area (Å²) in [5.41, 5.74) is 2.15. The summed E-state index contributed by atoms with van der Waals surface area (Å²) in [6, 6.07) is 8.32. The molecule has 0 aromatic heterocycles. The fourth-order valence-corrected chi connectivity index (χ4v) is 2.59. The first-order chi connectivity index (χ1) is 8.93. The quantitative estimate of drug-likeness (QED) is 0.807. The van der Waals surface area contributed by atoms with Gasteiger partial charge in [0.15, 0.2) is 0 Å². The minimum Gasteiger partial charge on any atom is -0.396 e. The fraction of sp³-hybridized carbons (Fsp3) is 0.533. The van der Waals surface area contributed by atoms with Crippen molar-refractivity contribution < 1.29 is 9.90 Å². The first kappa shape index (κ1) is 16.1. The van der Waals surface area contributed by atoms with Crippen LogP contribution in [0.2, 0.25) is 0 Å². The van der Waals surface area contributed by atoms with Crippen LogP contribution in [-0.2, 0) is 10.5 Å². The maximum Gasteiger partial charge on any atom is 0.230 e. The van der Waals surface area contributed by atoms with Crippen LogP contribution < -0.4 is 5.32 Å². The molecular weight excluding hydrogens is 258 g/mol. The average Bonchev–Trinajstić information content (AvgIpc) is 2.27. The molecule has 0 aliphatic heterocycles. The van der Waals surface area contributed by atoms with Crippen molar-refractivity contribution in [2.45, 2.75) is 38.5 Å². The van der Waals surface area contributed by atoms with Gasteiger partial charge in [-0.2, -0.15) is 0 Å². The van der Waals surface area contributed by atoms with Gasteiger partial charge in [-0.3, -0.25) is 4.79 Å². The summed E-state index contributed by atoms with van der Waals surface area (Å²) >= 11 is 1.61. The van der Waals surface area contributed by atoms with Crippen molar-refractivity contribution in [3.8, 4) is 0 Å². The Morgan fingerprint density at radius 1 is 1.42 bits per heavy atom. The van der Waals surface area contributed by atoms with Gasteiger partial charge in [0.1, 0.15) is 0 Å². The van der Waals surface area contributed by atoms with Crippen LogP contribution in [0, 0.1) is 6.92 Å². The second-order valence-electron chi connectivity index (χ2n) is 5.39. The lowest BCUT2D eigenvalue weighted by Crippen LogP contribution is -2.44. The summed E-state index contributed by atoms with van der Waals surface area (Å²) < 4.78 is 0. The molecule has 0 aliphatic carbocycles. The van der Waals surface area contributed by atoms with Gasteiger partial charge in [-0.1, -0.05) is 29.8 Å². The molecule has 0 bridgehead atoms. The van der Waals surface area contributed by atoms with Gasteiger partial charge in [0.25, 0.3) is 0 Å². The number of aliphatic hydroxyl groups is 1. The molecule has 0 spiro atoms. The minimum atomic E-state index is -0.338.